The van der Waals surface area contributed by atoms with Crippen LogP contribution in [0.15, 0.2) is 52.6 Å². The van der Waals surface area contributed by atoms with Crippen molar-refractivity contribution in [3.05, 3.63) is 42.6 Å². The average Bonchev–Trinajstić information content (AvgIpc) is 2.81. The van der Waals surface area contributed by atoms with Crippen molar-refractivity contribution in [2.24, 2.45) is 5.84 Å². The predicted molar refractivity (Wildman–Crippen MR) is 72.3 cm³/mol. The van der Waals surface area contributed by atoms with Crippen LogP contribution in [0.1, 0.15) is 0 Å². The molecule has 0 spiro atoms. The minimum atomic E-state index is 0.635. The number of rotatable bonds is 3. The van der Waals surface area contributed by atoms with E-state index in [0.717, 1.165) is 21.1 Å². The Hall–Kier alpha value is -2.05. The minimum Gasteiger partial charge on any atom is -0.333 e. The third kappa shape index (κ3) is 2.15. The SMILES string of the molecule is NNc1cc(Sc2nc3ccccc3[nH]2)ccn1. The smallest absolute Gasteiger partial charge is 0.171 e. The molecule has 18 heavy (non-hydrogen) atoms. The normalized spacial score (nSPS) is 10.7. The van der Waals surface area contributed by atoms with E-state index < -0.39 is 0 Å². The molecular weight excluding hydrogens is 246 g/mol. The highest BCUT2D eigenvalue weighted by Crippen LogP contribution is 2.27. The molecule has 0 bridgehead atoms. The summed E-state index contributed by atoms with van der Waals surface area (Å²) in [5.41, 5.74) is 4.52. The van der Waals surface area contributed by atoms with Crippen molar-refractivity contribution >= 4 is 28.6 Å². The zero-order valence-corrected chi connectivity index (χ0v) is 10.2. The molecule has 1 aromatic carbocycles. The molecule has 0 aliphatic heterocycles. The third-order valence-corrected chi connectivity index (χ3v) is 3.34. The van der Waals surface area contributed by atoms with Gasteiger partial charge in [-0.25, -0.2) is 15.8 Å². The fraction of sp³-hybridized carbons (Fsp3) is 0. The molecule has 0 atom stereocenters. The first-order valence-electron chi connectivity index (χ1n) is 5.40. The van der Waals surface area contributed by atoms with Crippen molar-refractivity contribution < 1.29 is 0 Å². The minimum absolute atomic E-state index is 0.635. The van der Waals surface area contributed by atoms with Gasteiger partial charge in [0, 0.05) is 11.1 Å². The number of nitrogens with two attached hydrogens (primary N) is 1. The highest BCUT2D eigenvalue weighted by atomic mass is 32.2. The van der Waals surface area contributed by atoms with Crippen LogP contribution in [0, 0.1) is 0 Å². The Kier molecular flexibility index (Phi) is 2.87. The molecule has 2 aromatic heterocycles. The Morgan fingerprint density at radius 1 is 1.22 bits per heavy atom. The number of H-pyrrole nitrogens is 1. The molecule has 0 amide bonds. The number of pyridine rings is 1. The van der Waals surface area contributed by atoms with Gasteiger partial charge in [0.15, 0.2) is 5.16 Å². The number of fused-ring (bicyclic) bond motifs is 1. The monoisotopic (exact) mass is 257 g/mol. The Morgan fingerprint density at radius 3 is 2.94 bits per heavy atom. The molecular formula is C12H11N5S. The van der Waals surface area contributed by atoms with Gasteiger partial charge in [0.25, 0.3) is 0 Å². The fourth-order valence-corrected chi connectivity index (χ4v) is 2.47. The average molecular weight is 257 g/mol. The quantitative estimate of drug-likeness (QED) is 0.496. The van der Waals surface area contributed by atoms with Gasteiger partial charge in [-0.2, -0.15) is 0 Å². The van der Waals surface area contributed by atoms with E-state index in [4.69, 9.17) is 5.84 Å². The molecule has 0 fully saturated rings. The van der Waals surface area contributed by atoms with E-state index in [9.17, 15) is 0 Å². The van der Waals surface area contributed by atoms with Crippen LogP contribution in [0.3, 0.4) is 0 Å². The van der Waals surface area contributed by atoms with Crippen LogP contribution in [0.2, 0.25) is 0 Å². The number of hydrazine groups is 1. The zero-order chi connectivity index (χ0) is 12.4. The summed E-state index contributed by atoms with van der Waals surface area (Å²) >= 11 is 1.54. The molecule has 6 heteroatoms. The number of para-hydroxylation sites is 2. The number of imidazole rings is 1. The number of hydrogen-bond donors (Lipinski definition) is 3. The van der Waals surface area contributed by atoms with E-state index in [0.29, 0.717) is 5.82 Å². The fourth-order valence-electron chi connectivity index (χ4n) is 1.64. The van der Waals surface area contributed by atoms with Gasteiger partial charge in [0.2, 0.25) is 0 Å². The summed E-state index contributed by atoms with van der Waals surface area (Å²) in [6.07, 6.45) is 1.71. The first-order valence-corrected chi connectivity index (χ1v) is 6.22. The highest BCUT2D eigenvalue weighted by Gasteiger charge is 2.04. The molecule has 0 saturated carbocycles. The third-order valence-electron chi connectivity index (χ3n) is 2.46. The molecule has 3 rings (SSSR count). The number of aromatic nitrogens is 3. The highest BCUT2D eigenvalue weighted by molar-refractivity contribution is 7.99. The predicted octanol–water partition coefficient (Wildman–Crippen LogP) is 2.39. The number of nitrogens with zero attached hydrogens (tertiary/aromatic N) is 2. The number of aromatic amines is 1. The lowest BCUT2D eigenvalue weighted by Crippen LogP contribution is -2.07. The molecule has 0 aliphatic carbocycles. The second-order valence-corrected chi connectivity index (χ2v) is 4.74. The van der Waals surface area contributed by atoms with Gasteiger partial charge < -0.3 is 10.4 Å². The Morgan fingerprint density at radius 2 is 2.11 bits per heavy atom. The maximum absolute atomic E-state index is 5.33. The van der Waals surface area contributed by atoms with Crippen LogP contribution in [0.4, 0.5) is 5.82 Å². The van der Waals surface area contributed by atoms with E-state index in [1.54, 1.807) is 18.0 Å². The lowest BCUT2D eigenvalue weighted by atomic mass is 10.3. The van der Waals surface area contributed by atoms with Crippen molar-refractivity contribution in [3.63, 3.8) is 0 Å². The standard InChI is InChI=1S/C12H11N5S/c13-17-11-7-8(5-6-14-11)18-12-15-9-3-1-2-4-10(9)16-12/h1-7H,13H2,(H,14,17)(H,15,16). The molecule has 4 N–H and O–H groups in total. The maximum atomic E-state index is 5.33. The second kappa shape index (κ2) is 4.67. The number of hydrogen-bond acceptors (Lipinski definition) is 5. The zero-order valence-electron chi connectivity index (χ0n) is 9.42. The lowest BCUT2D eigenvalue weighted by molar-refractivity contribution is 1.08. The van der Waals surface area contributed by atoms with Crippen LogP contribution < -0.4 is 11.3 Å². The summed E-state index contributed by atoms with van der Waals surface area (Å²) in [7, 11) is 0. The molecule has 0 saturated heterocycles. The Labute approximate surface area is 108 Å². The van der Waals surface area contributed by atoms with Gasteiger partial charge >= 0.3 is 0 Å². The van der Waals surface area contributed by atoms with Crippen LogP contribution in [-0.4, -0.2) is 15.0 Å². The summed E-state index contributed by atoms with van der Waals surface area (Å²) in [4.78, 5) is 12.8. The van der Waals surface area contributed by atoms with E-state index in [-0.39, 0.29) is 0 Å². The maximum Gasteiger partial charge on any atom is 0.171 e. The van der Waals surface area contributed by atoms with Crippen molar-refractivity contribution in [1.82, 2.24) is 15.0 Å². The first-order chi connectivity index (χ1) is 8.85. The topological polar surface area (TPSA) is 79.6 Å². The summed E-state index contributed by atoms with van der Waals surface area (Å²) in [5, 5.41) is 0.852. The van der Waals surface area contributed by atoms with Crippen LogP contribution in [-0.2, 0) is 0 Å². The van der Waals surface area contributed by atoms with Gasteiger partial charge in [-0.1, -0.05) is 23.9 Å². The molecule has 5 nitrogen and oxygen atoms in total. The molecule has 3 aromatic rings. The van der Waals surface area contributed by atoms with E-state index in [1.807, 2.05) is 36.4 Å². The van der Waals surface area contributed by atoms with Crippen molar-refractivity contribution in [3.8, 4) is 0 Å². The molecule has 0 radical (unpaired) electrons. The van der Waals surface area contributed by atoms with Crippen LogP contribution in [0.5, 0.6) is 0 Å². The summed E-state index contributed by atoms with van der Waals surface area (Å²) in [6, 6.07) is 11.7. The Bertz CT molecular complexity index is 646. The second-order valence-electron chi connectivity index (χ2n) is 3.68. The number of nitrogen functional groups attached to an aromatic ring is 1. The first kappa shape index (κ1) is 11.1. The number of benzene rings is 1. The summed E-state index contributed by atoms with van der Waals surface area (Å²) in [5.74, 6) is 5.96. The number of nitrogens with one attached hydrogen (secondary N) is 2. The van der Waals surface area contributed by atoms with Gasteiger partial charge in [-0.05, 0) is 24.3 Å². The molecule has 90 valence electrons. The molecule has 2 heterocycles. The van der Waals surface area contributed by atoms with E-state index in [1.165, 1.54) is 0 Å². The van der Waals surface area contributed by atoms with E-state index >= 15 is 0 Å². The van der Waals surface area contributed by atoms with Crippen LogP contribution >= 0.6 is 11.8 Å². The van der Waals surface area contributed by atoms with Gasteiger partial charge in [-0.15, -0.1) is 0 Å². The van der Waals surface area contributed by atoms with Crippen molar-refractivity contribution in [2.75, 3.05) is 5.43 Å². The van der Waals surface area contributed by atoms with Crippen molar-refractivity contribution in [1.29, 1.82) is 0 Å². The van der Waals surface area contributed by atoms with Crippen LogP contribution in [0.25, 0.3) is 11.0 Å². The summed E-state index contributed by atoms with van der Waals surface area (Å²) in [6.45, 7) is 0. The van der Waals surface area contributed by atoms with Gasteiger partial charge in [0.1, 0.15) is 5.82 Å². The van der Waals surface area contributed by atoms with Crippen molar-refractivity contribution in [2.45, 2.75) is 10.1 Å². The Balaban J connectivity index is 1.91. The summed E-state index contributed by atoms with van der Waals surface area (Å²) < 4.78 is 0. The number of anilines is 1. The lowest BCUT2D eigenvalue weighted by Gasteiger charge is -2.01. The van der Waals surface area contributed by atoms with Gasteiger partial charge in [-0.3, -0.25) is 0 Å². The van der Waals surface area contributed by atoms with Gasteiger partial charge in [0.05, 0.1) is 11.0 Å². The molecule has 0 aliphatic rings. The largest absolute Gasteiger partial charge is 0.333 e. The molecule has 0 unspecified atom stereocenters. The van der Waals surface area contributed by atoms with E-state index in [2.05, 4.69) is 20.4 Å².